The van der Waals surface area contributed by atoms with Crippen LogP contribution >= 0.6 is 33.9 Å². The normalized spacial score (nSPS) is 13.5. The van der Waals surface area contributed by atoms with Gasteiger partial charge in [-0.1, -0.05) is 59.4 Å². The van der Waals surface area contributed by atoms with E-state index in [1.165, 1.54) is 16.9 Å². The highest BCUT2D eigenvalue weighted by atomic mass is 127. The zero-order valence-electron chi connectivity index (χ0n) is 15.3. The average Bonchev–Trinajstić information content (AvgIpc) is 3.36. The molecule has 28 heavy (non-hydrogen) atoms. The lowest BCUT2D eigenvalue weighted by atomic mass is 9.92. The molecule has 2 unspecified atom stereocenters. The Morgan fingerprint density at radius 2 is 2.04 bits per heavy atom. The largest absolute Gasteiger partial charge is 0.508 e. The first-order valence-electron chi connectivity index (χ1n) is 9.04. The Labute approximate surface area is 180 Å². The summed E-state index contributed by atoms with van der Waals surface area (Å²) in [7, 11) is 0. The van der Waals surface area contributed by atoms with Crippen LogP contribution in [0, 0.1) is 5.92 Å². The van der Waals surface area contributed by atoms with Gasteiger partial charge in [-0.3, -0.25) is 0 Å². The summed E-state index contributed by atoms with van der Waals surface area (Å²) >= 11 is 3.97. The number of phenols is 1. The maximum atomic E-state index is 9.62. The number of phenolic OH excluding ortho intramolecular Hbond substituents is 1. The highest BCUT2D eigenvalue weighted by molar-refractivity contribution is 14.1. The van der Waals surface area contributed by atoms with Crippen molar-refractivity contribution in [2.75, 3.05) is 9.74 Å². The van der Waals surface area contributed by atoms with Gasteiger partial charge in [-0.2, -0.15) is 5.10 Å². The number of thiazole rings is 1. The summed E-state index contributed by atoms with van der Waals surface area (Å²) in [6, 6.07) is 13.8. The zero-order chi connectivity index (χ0) is 19.5. The molecule has 4 rings (SSSR count). The Morgan fingerprint density at radius 3 is 2.71 bits per heavy atom. The van der Waals surface area contributed by atoms with Crippen molar-refractivity contribution in [2.45, 2.75) is 19.4 Å². The van der Waals surface area contributed by atoms with Crippen molar-refractivity contribution < 1.29 is 5.11 Å². The van der Waals surface area contributed by atoms with Crippen LogP contribution in [0.25, 0.3) is 10.2 Å². The number of aromatic nitrogens is 4. The Balaban J connectivity index is 1.58. The average molecular weight is 505 g/mol. The minimum absolute atomic E-state index is 0.170. The quantitative estimate of drug-likeness (QED) is 0.260. The number of rotatable bonds is 7. The summed E-state index contributed by atoms with van der Waals surface area (Å²) in [6.45, 7) is 2.22. The van der Waals surface area contributed by atoms with E-state index >= 15 is 0 Å². The van der Waals surface area contributed by atoms with Gasteiger partial charge >= 0.3 is 0 Å². The molecule has 0 aliphatic heterocycles. The molecule has 0 saturated carbocycles. The van der Waals surface area contributed by atoms with E-state index in [0.29, 0.717) is 5.92 Å². The molecular formula is C20H20IN5OS. The van der Waals surface area contributed by atoms with Crippen molar-refractivity contribution in [1.82, 2.24) is 19.7 Å². The molecule has 0 aliphatic carbocycles. The Kier molecular flexibility index (Phi) is 5.77. The summed E-state index contributed by atoms with van der Waals surface area (Å²) in [5.41, 5.74) is 3.07. The molecule has 0 saturated heterocycles. The highest BCUT2D eigenvalue weighted by Crippen LogP contribution is 2.33. The molecule has 8 heteroatoms. The molecule has 4 aromatic rings. The van der Waals surface area contributed by atoms with Gasteiger partial charge in [0.1, 0.15) is 18.4 Å². The van der Waals surface area contributed by atoms with Crippen LogP contribution in [0.4, 0.5) is 10.8 Å². The van der Waals surface area contributed by atoms with Gasteiger partial charge in [0.2, 0.25) is 0 Å². The molecule has 6 nitrogen and oxygen atoms in total. The number of benzene rings is 2. The first-order chi connectivity index (χ1) is 13.7. The van der Waals surface area contributed by atoms with Crippen LogP contribution in [0.5, 0.6) is 5.75 Å². The summed E-state index contributed by atoms with van der Waals surface area (Å²) in [4.78, 5) is 8.71. The molecule has 144 valence electrons. The summed E-state index contributed by atoms with van der Waals surface area (Å²) in [5, 5.41) is 18.2. The molecular weight excluding hydrogens is 485 g/mol. The van der Waals surface area contributed by atoms with E-state index in [-0.39, 0.29) is 11.8 Å². The summed E-state index contributed by atoms with van der Waals surface area (Å²) < 4.78 is 3.96. The maximum Gasteiger partial charge on any atom is 0.188 e. The summed E-state index contributed by atoms with van der Waals surface area (Å²) in [6.07, 6.45) is 4.46. The van der Waals surface area contributed by atoms with Gasteiger partial charge < -0.3 is 10.4 Å². The number of hydrogen-bond acceptors (Lipinski definition) is 6. The highest BCUT2D eigenvalue weighted by Gasteiger charge is 2.23. The molecule has 0 amide bonds. The molecule has 0 aliphatic rings. The van der Waals surface area contributed by atoms with Gasteiger partial charge in [0.25, 0.3) is 0 Å². The van der Waals surface area contributed by atoms with Crippen LogP contribution in [-0.2, 0) is 0 Å². The van der Waals surface area contributed by atoms with Gasteiger partial charge in [-0.05, 0) is 41.8 Å². The Hall–Kier alpha value is -2.20. The molecule has 2 heterocycles. The van der Waals surface area contributed by atoms with Gasteiger partial charge in [-0.25, -0.2) is 14.6 Å². The molecule has 2 aromatic heterocycles. The van der Waals surface area contributed by atoms with E-state index in [9.17, 15) is 5.11 Å². The third-order valence-corrected chi connectivity index (χ3v) is 6.83. The number of halogens is 1. The van der Waals surface area contributed by atoms with Crippen molar-refractivity contribution in [3.8, 4) is 5.75 Å². The number of aromatic hydroxyl groups is 1. The van der Waals surface area contributed by atoms with Gasteiger partial charge in [0.15, 0.2) is 5.13 Å². The monoisotopic (exact) mass is 505 g/mol. The molecule has 2 atom stereocenters. The lowest BCUT2D eigenvalue weighted by Crippen LogP contribution is -2.22. The van der Waals surface area contributed by atoms with Gasteiger partial charge in [-0.15, -0.1) is 0 Å². The number of nitrogens with zero attached hydrogens (tertiary/aromatic N) is 4. The number of hydrogen-bond donors (Lipinski definition) is 2. The molecule has 0 fully saturated rings. The van der Waals surface area contributed by atoms with E-state index in [0.717, 1.165) is 31.9 Å². The lowest BCUT2D eigenvalue weighted by molar-refractivity contribution is 0.376. The Bertz CT molecular complexity index is 1040. The molecule has 0 bridgehead atoms. The van der Waals surface area contributed by atoms with Crippen molar-refractivity contribution in [2.24, 2.45) is 5.92 Å². The molecule has 2 aromatic carbocycles. The van der Waals surface area contributed by atoms with Crippen LogP contribution in [0.1, 0.15) is 24.9 Å². The molecule has 2 N–H and O–H groups in total. The third kappa shape index (κ3) is 3.97. The second kappa shape index (κ2) is 8.44. The van der Waals surface area contributed by atoms with Crippen molar-refractivity contribution in [1.29, 1.82) is 0 Å². The minimum atomic E-state index is 0.170. The van der Waals surface area contributed by atoms with Gasteiger partial charge in [0.05, 0.1) is 16.3 Å². The fourth-order valence-corrected chi connectivity index (χ4v) is 5.30. The molecule has 0 spiro atoms. The standard InChI is InChI=1S/C20H20IN5OS/c1-2-13(10-21)19(26-12-22-11-23-26)14-3-5-15(6-4-14)24-20-25-17-8-7-16(27)9-18(17)28-20/h3-9,11-13,19,27H,2,10H2,1H3,(H,24,25). The second-order valence-electron chi connectivity index (χ2n) is 6.56. The van der Waals surface area contributed by atoms with Crippen LogP contribution in [-0.4, -0.2) is 29.3 Å². The first kappa shape index (κ1) is 19.1. The first-order valence-corrected chi connectivity index (χ1v) is 11.4. The predicted molar refractivity (Wildman–Crippen MR) is 122 cm³/mol. The van der Waals surface area contributed by atoms with E-state index in [1.807, 2.05) is 10.7 Å². The van der Waals surface area contributed by atoms with Crippen molar-refractivity contribution >= 4 is 55.0 Å². The van der Waals surface area contributed by atoms with E-state index in [2.05, 4.69) is 74.2 Å². The smallest absolute Gasteiger partial charge is 0.188 e. The van der Waals surface area contributed by atoms with Crippen LogP contribution < -0.4 is 5.32 Å². The van der Waals surface area contributed by atoms with E-state index < -0.39 is 0 Å². The van der Waals surface area contributed by atoms with Gasteiger partial charge in [0, 0.05) is 10.1 Å². The zero-order valence-corrected chi connectivity index (χ0v) is 18.3. The lowest BCUT2D eigenvalue weighted by Gasteiger charge is -2.25. The number of anilines is 2. The van der Waals surface area contributed by atoms with Crippen molar-refractivity contribution in [3.05, 3.63) is 60.7 Å². The Morgan fingerprint density at radius 1 is 1.21 bits per heavy atom. The second-order valence-corrected chi connectivity index (χ2v) is 8.47. The topological polar surface area (TPSA) is 75.9 Å². The van der Waals surface area contributed by atoms with Crippen LogP contribution in [0.15, 0.2) is 55.1 Å². The number of fused-ring (bicyclic) bond motifs is 1. The third-order valence-electron chi connectivity index (χ3n) is 4.77. The number of alkyl halides is 1. The van der Waals surface area contributed by atoms with Crippen molar-refractivity contribution in [3.63, 3.8) is 0 Å². The van der Waals surface area contributed by atoms with E-state index in [1.54, 1.807) is 24.8 Å². The number of nitrogens with one attached hydrogen (secondary N) is 1. The molecule has 0 radical (unpaired) electrons. The minimum Gasteiger partial charge on any atom is -0.508 e. The SMILES string of the molecule is CCC(CI)C(c1ccc(Nc2nc3ccc(O)cc3s2)cc1)n1cncn1. The fraction of sp³-hybridized carbons (Fsp3) is 0.250. The summed E-state index contributed by atoms with van der Waals surface area (Å²) in [5.74, 6) is 0.741. The van der Waals surface area contributed by atoms with Crippen LogP contribution in [0.2, 0.25) is 0 Å². The maximum absolute atomic E-state index is 9.62. The fourth-order valence-electron chi connectivity index (χ4n) is 3.27. The van der Waals surface area contributed by atoms with Crippen LogP contribution in [0.3, 0.4) is 0 Å². The predicted octanol–water partition coefficient (Wildman–Crippen LogP) is 5.39. The van der Waals surface area contributed by atoms with E-state index in [4.69, 9.17) is 0 Å².